The van der Waals surface area contributed by atoms with Crippen LogP contribution in [-0.2, 0) is 0 Å². The fraction of sp³-hybridized carbons (Fsp3) is 1.00. The molecule has 2 aliphatic rings. The summed E-state index contributed by atoms with van der Waals surface area (Å²) in [5, 5.41) is 0. The zero-order chi connectivity index (χ0) is 17.5. The predicted molar refractivity (Wildman–Crippen MR) is 108 cm³/mol. The van der Waals surface area contributed by atoms with E-state index in [9.17, 15) is 0 Å². The first-order chi connectivity index (χ1) is 11.5. The summed E-state index contributed by atoms with van der Waals surface area (Å²) in [6.45, 7) is 12.5. The molecule has 0 bridgehead atoms. The second kappa shape index (κ2) is 10.2. The Kier molecular flexibility index (Phi) is 8.65. The number of rotatable bonds is 11. The molecule has 6 unspecified atom stereocenters. The smallest absolute Gasteiger partial charge is 0.0386 e. The molecule has 0 radical (unpaired) electrons. The number of hydrogen-bond donors (Lipinski definition) is 0. The van der Waals surface area contributed by atoms with Gasteiger partial charge in [-0.1, -0.05) is 92.4 Å². The highest BCUT2D eigenvalue weighted by Crippen LogP contribution is 2.39. The Morgan fingerprint density at radius 3 is 2.12 bits per heavy atom. The summed E-state index contributed by atoms with van der Waals surface area (Å²) in [5.41, 5.74) is 0. The molecule has 0 spiro atoms. The fourth-order valence-electron chi connectivity index (χ4n) is 5.75. The Bertz CT molecular complexity index is 329. The van der Waals surface area contributed by atoms with E-state index in [0.717, 1.165) is 41.4 Å². The molecule has 0 aromatic rings. The van der Waals surface area contributed by atoms with Crippen LogP contribution in [0, 0.1) is 41.4 Å². The maximum absolute atomic E-state index is 2.52. The van der Waals surface area contributed by atoms with Crippen LogP contribution in [0.25, 0.3) is 0 Å². The summed E-state index contributed by atoms with van der Waals surface area (Å²) in [5.74, 6) is 6.95. The van der Waals surface area contributed by atoms with Crippen LogP contribution in [0.5, 0.6) is 0 Å². The average Bonchev–Trinajstić information content (AvgIpc) is 2.93. The lowest BCUT2D eigenvalue weighted by Gasteiger charge is -2.36. The van der Waals surface area contributed by atoms with E-state index >= 15 is 0 Å². The van der Waals surface area contributed by atoms with Crippen molar-refractivity contribution < 1.29 is 0 Å². The van der Waals surface area contributed by atoms with Gasteiger partial charge in [0.2, 0.25) is 0 Å². The van der Waals surface area contributed by atoms with Gasteiger partial charge in [0.1, 0.15) is 0 Å². The van der Waals surface area contributed by atoms with Gasteiger partial charge in [-0.3, -0.25) is 0 Å². The molecule has 0 nitrogen and oxygen atoms in total. The Hall–Kier alpha value is 0. The molecule has 0 heteroatoms. The molecule has 0 N–H and O–H groups in total. The molecule has 0 saturated heterocycles. The quantitative estimate of drug-likeness (QED) is 0.358. The summed E-state index contributed by atoms with van der Waals surface area (Å²) < 4.78 is 0. The highest BCUT2D eigenvalue weighted by molar-refractivity contribution is 4.79. The zero-order valence-corrected chi connectivity index (χ0v) is 17.5. The molecule has 0 aromatic heterocycles. The Labute approximate surface area is 153 Å². The minimum Gasteiger partial charge on any atom is -0.0651 e. The van der Waals surface area contributed by atoms with Crippen molar-refractivity contribution >= 4 is 0 Å². The van der Waals surface area contributed by atoms with Crippen LogP contribution in [0.2, 0.25) is 0 Å². The van der Waals surface area contributed by atoms with E-state index in [-0.39, 0.29) is 0 Å². The first kappa shape index (κ1) is 20.3. The summed E-state index contributed by atoms with van der Waals surface area (Å²) in [6.07, 6.45) is 17.9. The van der Waals surface area contributed by atoms with Crippen LogP contribution in [0.3, 0.4) is 0 Å². The molecular weight excluding hydrogens is 288 g/mol. The lowest BCUT2D eigenvalue weighted by molar-refractivity contribution is 0.147. The molecule has 142 valence electrons. The van der Waals surface area contributed by atoms with E-state index in [1.807, 2.05) is 0 Å². The van der Waals surface area contributed by atoms with Gasteiger partial charge in [0.15, 0.2) is 0 Å². The van der Waals surface area contributed by atoms with Crippen molar-refractivity contribution in [2.75, 3.05) is 0 Å². The van der Waals surface area contributed by atoms with E-state index in [0.29, 0.717) is 0 Å². The van der Waals surface area contributed by atoms with Crippen LogP contribution in [0.15, 0.2) is 0 Å². The van der Waals surface area contributed by atoms with E-state index in [4.69, 9.17) is 0 Å². The summed E-state index contributed by atoms with van der Waals surface area (Å²) in [7, 11) is 0. The molecule has 24 heavy (non-hydrogen) atoms. The lowest BCUT2D eigenvalue weighted by atomic mass is 9.70. The second-order valence-corrected chi connectivity index (χ2v) is 10.1. The molecule has 0 aromatic carbocycles. The largest absolute Gasteiger partial charge is 0.0651 e. The minimum absolute atomic E-state index is 0.925. The van der Waals surface area contributed by atoms with E-state index in [1.165, 1.54) is 77.0 Å². The van der Waals surface area contributed by atoms with Crippen molar-refractivity contribution in [3.8, 4) is 0 Å². The zero-order valence-electron chi connectivity index (χ0n) is 17.5. The Morgan fingerprint density at radius 1 is 0.833 bits per heavy atom. The van der Waals surface area contributed by atoms with E-state index in [2.05, 4.69) is 34.6 Å². The normalized spacial score (nSPS) is 29.9. The van der Waals surface area contributed by atoms with Crippen LogP contribution < -0.4 is 0 Å². The molecule has 2 rings (SSSR count). The first-order valence-electron chi connectivity index (χ1n) is 11.5. The van der Waals surface area contributed by atoms with Crippen LogP contribution in [-0.4, -0.2) is 0 Å². The van der Waals surface area contributed by atoms with E-state index < -0.39 is 0 Å². The maximum Gasteiger partial charge on any atom is -0.0386 e. The molecule has 0 aliphatic heterocycles. The van der Waals surface area contributed by atoms with Gasteiger partial charge in [0.25, 0.3) is 0 Å². The van der Waals surface area contributed by atoms with Gasteiger partial charge in [-0.05, 0) is 60.7 Å². The van der Waals surface area contributed by atoms with Gasteiger partial charge >= 0.3 is 0 Å². The third kappa shape index (κ3) is 6.38. The predicted octanol–water partition coefficient (Wildman–Crippen LogP) is 8.11. The van der Waals surface area contributed by atoms with Gasteiger partial charge in [-0.25, -0.2) is 0 Å². The molecule has 2 aliphatic carbocycles. The van der Waals surface area contributed by atoms with Crippen molar-refractivity contribution in [2.24, 2.45) is 41.4 Å². The molecular formula is C24H46. The SMILES string of the molecule is CCC1CCC(CCCC(C)CC(C)CC(C)C(C)C2CCC2)C1. The van der Waals surface area contributed by atoms with Gasteiger partial charge in [0.05, 0.1) is 0 Å². The van der Waals surface area contributed by atoms with Crippen LogP contribution in [0.4, 0.5) is 0 Å². The van der Waals surface area contributed by atoms with E-state index in [1.54, 1.807) is 0 Å². The standard InChI is InChI=1S/C24H46/c1-6-22-13-14-23(17-22)10-7-9-18(2)15-19(3)16-20(4)21(5)24-11-8-12-24/h18-24H,6-17H2,1-5H3. The third-order valence-corrected chi connectivity index (χ3v) is 7.91. The average molecular weight is 335 g/mol. The number of hydrogen-bond acceptors (Lipinski definition) is 0. The van der Waals surface area contributed by atoms with Gasteiger partial charge in [-0.2, -0.15) is 0 Å². The molecule has 0 amide bonds. The van der Waals surface area contributed by atoms with Crippen LogP contribution in [0.1, 0.15) is 112 Å². The highest BCUT2D eigenvalue weighted by Gasteiger charge is 2.28. The van der Waals surface area contributed by atoms with Crippen molar-refractivity contribution in [3.63, 3.8) is 0 Å². The third-order valence-electron chi connectivity index (χ3n) is 7.91. The molecule has 2 saturated carbocycles. The maximum atomic E-state index is 2.52. The highest BCUT2D eigenvalue weighted by atomic mass is 14.3. The van der Waals surface area contributed by atoms with Crippen LogP contribution >= 0.6 is 0 Å². The molecule has 6 atom stereocenters. The summed E-state index contributed by atoms with van der Waals surface area (Å²) in [6, 6.07) is 0. The Balaban J connectivity index is 1.55. The topological polar surface area (TPSA) is 0 Å². The first-order valence-corrected chi connectivity index (χ1v) is 11.5. The second-order valence-electron chi connectivity index (χ2n) is 10.1. The van der Waals surface area contributed by atoms with Gasteiger partial charge < -0.3 is 0 Å². The van der Waals surface area contributed by atoms with Gasteiger partial charge in [0, 0.05) is 0 Å². The van der Waals surface area contributed by atoms with Gasteiger partial charge in [-0.15, -0.1) is 0 Å². The van der Waals surface area contributed by atoms with Crippen molar-refractivity contribution in [1.82, 2.24) is 0 Å². The molecule has 0 heterocycles. The fourth-order valence-corrected chi connectivity index (χ4v) is 5.75. The Morgan fingerprint density at radius 2 is 1.54 bits per heavy atom. The lowest BCUT2D eigenvalue weighted by Crippen LogP contribution is -2.26. The molecule has 2 fully saturated rings. The summed E-state index contributed by atoms with van der Waals surface area (Å²) >= 11 is 0. The van der Waals surface area contributed by atoms with Crippen molar-refractivity contribution in [2.45, 2.75) is 112 Å². The minimum atomic E-state index is 0.925. The van der Waals surface area contributed by atoms with Crippen molar-refractivity contribution in [1.29, 1.82) is 0 Å². The monoisotopic (exact) mass is 334 g/mol. The summed E-state index contributed by atoms with van der Waals surface area (Å²) in [4.78, 5) is 0. The van der Waals surface area contributed by atoms with Crippen molar-refractivity contribution in [3.05, 3.63) is 0 Å².